The third-order valence-electron chi connectivity index (χ3n) is 6.20. The molecule has 0 aliphatic carbocycles. The van der Waals surface area contributed by atoms with E-state index in [1.807, 2.05) is 4.90 Å². The molecule has 0 bridgehead atoms. The van der Waals surface area contributed by atoms with E-state index in [1.165, 1.54) is 23.5 Å². The molecule has 35 heavy (non-hydrogen) atoms. The molecule has 3 heterocycles. The Morgan fingerprint density at radius 2 is 1.71 bits per heavy atom. The minimum atomic E-state index is -0.409. The number of nitro groups is 1. The second-order valence-electron chi connectivity index (χ2n) is 8.42. The molecule has 2 aliphatic rings. The predicted octanol–water partition coefficient (Wildman–Crippen LogP) is 1.76. The lowest BCUT2D eigenvalue weighted by Gasteiger charge is -2.38. The van der Waals surface area contributed by atoms with E-state index in [-0.39, 0.29) is 17.5 Å². The van der Waals surface area contributed by atoms with Gasteiger partial charge in [-0.25, -0.2) is 4.98 Å². The Morgan fingerprint density at radius 3 is 2.34 bits per heavy atom. The summed E-state index contributed by atoms with van der Waals surface area (Å²) in [6.45, 7) is 9.60. The van der Waals surface area contributed by atoms with E-state index in [9.17, 15) is 19.7 Å². The van der Waals surface area contributed by atoms with Crippen LogP contribution in [0.5, 0.6) is 0 Å². The number of piperazine rings is 2. The van der Waals surface area contributed by atoms with Gasteiger partial charge in [-0.15, -0.1) is 17.9 Å². The molecule has 0 atom stereocenters. The summed E-state index contributed by atoms with van der Waals surface area (Å²) in [5.41, 5.74) is 1.44. The second-order valence-corrected chi connectivity index (χ2v) is 9.28. The number of rotatable bonds is 8. The van der Waals surface area contributed by atoms with Crippen LogP contribution in [0.2, 0.25) is 0 Å². The highest BCUT2D eigenvalue weighted by molar-refractivity contribution is 7.13. The van der Waals surface area contributed by atoms with E-state index >= 15 is 0 Å². The first-order valence-electron chi connectivity index (χ1n) is 11.5. The van der Waals surface area contributed by atoms with Crippen molar-refractivity contribution in [2.24, 2.45) is 0 Å². The van der Waals surface area contributed by atoms with Crippen LogP contribution >= 0.6 is 11.3 Å². The molecule has 2 saturated heterocycles. The Labute approximate surface area is 207 Å². The SMILES string of the molecule is C=CCNc1nc(C(=O)N2CCN(CC(=O)N3CCN(c4ccc([N+](=O)[O-])cc4)CC3)CC2)cs1. The first-order valence-corrected chi connectivity index (χ1v) is 12.4. The van der Waals surface area contributed by atoms with E-state index in [1.54, 1.807) is 28.5 Å². The van der Waals surface area contributed by atoms with Gasteiger partial charge in [0.15, 0.2) is 5.13 Å². The largest absolute Gasteiger partial charge is 0.368 e. The summed E-state index contributed by atoms with van der Waals surface area (Å²) >= 11 is 1.40. The zero-order chi connectivity index (χ0) is 24.8. The number of anilines is 2. The van der Waals surface area contributed by atoms with Gasteiger partial charge in [0.25, 0.3) is 11.6 Å². The van der Waals surface area contributed by atoms with Crippen LogP contribution in [0.3, 0.4) is 0 Å². The molecule has 12 heteroatoms. The molecule has 1 aromatic heterocycles. The molecule has 0 saturated carbocycles. The number of hydrogen-bond acceptors (Lipinski definition) is 9. The van der Waals surface area contributed by atoms with Crippen LogP contribution in [-0.4, -0.2) is 102 Å². The Kier molecular flexibility index (Phi) is 7.93. The van der Waals surface area contributed by atoms with Crippen molar-refractivity contribution < 1.29 is 14.5 Å². The number of carbonyl (C=O) groups excluding carboxylic acids is 2. The molecule has 0 spiro atoms. The standard InChI is InChI=1S/C23H29N7O4S/c1-2-7-24-23-25-20(17-35-23)22(32)29-10-8-26(9-11-29)16-21(31)28-14-12-27(13-15-28)18-3-5-19(6-4-18)30(33)34/h2-6,17H,1,7-16H2,(H,24,25). The maximum absolute atomic E-state index is 12.8. The molecule has 2 aliphatic heterocycles. The maximum atomic E-state index is 12.8. The van der Waals surface area contributed by atoms with E-state index < -0.39 is 4.92 Å². The topological polar surface area (TPSA) is 115 Å². The highest BCUT2D eigenvalue weighted by Crippen LogP contribution is 2.21. The third kappa shape index (κ3) is 6.14. The summed E-state index contributed by atoms with van der Waals surface area (Å²) in [4.78, 5) is 48.3. The number of amides is 2. The molecule has 1 N–H and O–H groups in total. The van der Waals surface area contributed by atoms with Gasteiger partial charge in [0, 0.05) is 82.1 Å². The molecule has 1 aromatic carbocycles. The van der Waals surface area contributed by atoms with Crippen LogP contribution in [0.15, 0.2) is 42.3 Å². The predicted molar refractivity (Wildman–Crippen MR) is 135 cm³/mol. The average molecular weight is 500 g/mol. The van der Waals surface area contributed by atoms with Crippen molar-refractivity contribution in [3.63, 3.8) is 0 Å². The van der Waals surface area contributed by atoms with Gasteiger partial charge in [-0.3, -0.25) is 24.6 Å². The Bertz CT molecular complexity index is 1060. The fraction of sp³-hybridized carbons (Fsp3) is 0.435. The molecule has 0 radical (unpaired) electrons. The first kappa shape index (κ1) is 24.6. The summed E-state index contributed by atoms with van der Waals surface area (Å²) < 4.78 is 0. The number of non-ortho nitro benzene ring substituents is 1. The number of aromatic nitrogens is 1. The van der Waals surface area contributed by atoms with Crippen molar-refractivity contribution >= 4 is 39.7 Å². The molecular formula is C23H29N7O4S. The van der Waals surface area contributed by atoms with Gasteiger partial charge < -0.3 is 20.0 Å². The Balaban J connectivity index is 1.20. The zero-order valence-electron chi connectivity index (χ0n) is 19.5. The number of thiazole rings is 1. The van der Waals surface area contributed by atoms with E-state index in [2.05, 4.69) is 26.7 Å². The smallest absolute Gasteiger partial charge is 0.273 e. The van der Waals surface area contributed by atoms with Crippen molar-refractivity contribution in [3.8, 4) is 0 Å². The lowest BCUT2D eigenvalue weighted by atomic mass is 10.2. The number of hydrogen-bond donors (Lipinski definition) is 1. The highest BCUT2D eigenvalue weighted by atomic mass is 32.1. The minimum Gasteiger partial charge on any atom is -0.368 e. The minimum absolute atomic E-state index is 0.0706. The molecule has 2 amide bonds. The molecule has 0 unspecified atom stereocenters. The molecular weight excluding hydrogens is 470 g/mol. The van der Waals surface area contributed by atoms with Gasteiger partial charge in [-0.05, 0) is 12.1 Å². The fourth-order valence-electron chi connectivity index (χ4n) is 4.17. The van der Waals surface area contributed by atoms with Gasteiger partial charge in [-0.2, -0.15) is 0 Å². The first-order chi connectivity index (χ1) is 16.9. The van der Waals surface area contributed by atoms with Gasteiger partial charge in [-0.1, -0.05) is 6.08 Å². The number of nitrogens with zero attached hydrogens (tertiary/aromatic N) is 6. The molecule has 2 aromatic rings. The summed E-state index contributed by atoms with van der Waals surface area (Å²) in [6, 6.07) is 6.51. The number of carbonyl (C=O) groups is 2. The fourth-order valence-corrected chi connectivity index (χ4v) is 4.87. The van der Waals surface area contributed by atoms with E-state index in [0.717, 1.165) is 5.69 Å². The Hall–Kier alpha value is -3.51. The van der Waals surface area contributed by atoms with Gasteiger partial charge in [0.05, 0.1) is 11.5 Å². The second kappa shape index (κ2) is 11.3. The van der Waals surface area contributed by atoms with Crippen molar-refractivity contribution in [3.05, 3.63) is 58.1 Å². The van der Waals surface area contributed by atoms with E-state index in [4.69, 9.17) is 0 Å². The molecule has 11 nitrogen and oxygen atoms in total. The van der Waals surface area contributed by atoms with Crippen molar-refractivity contribution in [1.82, 2.24) is 19.7 Å². The molecule has 186 valence electrons. The van der Waals surface area contributed by atoms with Gasteiger partial charge in [0.2, 0.25) is 5.91 Å². The summed E-state index contributed by atoms with van der Waals surface area (Å²) in [7, 11) is 0. The van der Waals surface area contributed by atoms with Crippen LogP contribution in [0, 0.1) is 10.1 Å². The van der Waals surface area contributed by atoms with Crippen LogP contribution < -0.4 is 10.2 Å². The van der Waals surface area contributed by atoms with Gasteiger partial charge in [0.1, 0.15) is 5.69 Å². The van der Waals surface area contributed by atoms with Crippen LogP contribution in [0.1, 0.15) is 10.5 Å². The van der Waals surface area contributed by atoms with Crippen LogP contribution in [0.4, 0.5) is 16.5 Å². The maximum Gasteiger partial charge on any atom is 0.273 e. The number of nitrogens with one attached hydrogen (secondary N) is 1. The van der Waals surface area contributed by atoms with Crippen molar-refractivity contribution in [2.75, 3.05) is 75.7 Å². The number of nitro benzene ring substituents is 1. The molecule has 4 rings (SSSR count). The number of benzene rings is 1. The zero-order valence-corrected chi connectivity index (χ0v) is 20.3. The van der Waals surface area contributed by atoms with Crippen LogP contribution in [-0.2, 0) is 4.79 Å². The normalized spacial score (nSPS) is 16.7. The monoisotopic (exact) mass is 499 g/mol. The molecule has 2 fully saturated rings. The van der Waals surface area contributed by atoms with Gasteiger partial charge >= 0.3 is 0 Å². The average Bonchev–Trinajstić information content (AvgIpc) is 3.36. The van der Waals surface area contributed by atoms with E-state index in [0.29, 0.717) is 76.3 Å². The van der Waals surface area contributed by atoms with Crippen LogP contribution in [0.25, 0.3) is 0 Å². The quantitative estimate of drug-likeness (QED) is 0.332. The Morgan fingerprint density at radius 1 is 1.06 bits per heavy atom. The lowest BCUT2D eigenvalue weighted by Crippen LogP contribution is -2.54. The highest BCUT2D eigenvalue weighted by Gasteiger charge is 2.27. The van der Waals surface area contributed by atoms with Crippen molar-refractivity contribution in [2.45, 2.75) is 0 Å². The van der Waals surface area contributed by atoms with Crippen molar-refractivity contribution in [1.29, 1.82) is 0 Å². The summed E-state index contributed by atoms with van der Waals surface area (Å²) in [6.07, 6.45) is 1.74. The summed E-state index contributed by atoms with van der Waals surface area (Å²) in [5.74, 6) is 0.00630. The summed E-state index contributed by atoms with van der Waals surface area (Å²) in [5, 5.41) is 16.4. The lowest BCUT2D eigenvalue weighted by molar-refractivity contribution is -0.384. The third-order valence-corrected chi connectivity index (χ3v) is 7.00.